The summed E-state index contributed by atoms with van der Waals surface area (Å²) in [4.78, 5) is 14.7. The molecule has 1 aliphatic rings. The van der Waals surface area contributed by atoms with E-state index >= 15 is 0 Å². The number of carbonyl (C=O) groups excluding carboxylic acids is 1. The molecule has 1 N–H and O–H groups in total. The molecule has 0 bridgehead atoms. The molecular weight excluding hydrogens is 352 g/mol. The lowest BCUT2D eigenvalue weighted by Crippen LogP contribution is -2.35. The van der Waals surface area contributed by atoms with Crippen molar-refractivity contribution in [2.45, 2.75) is 25.9 Å². The van der Waals surface area contributed by atoms with Crippen molar-refractivity contribution in [2.75, 3.05) is 26.8 Å². The Balaban J connectivity index is 1.50. The molecule has 1 unspecified atom stereocenters. The van der Waals surface area contributed by atoms with Gasteiger partial charge in [0.1, 0.15) is 0 Å². The molecule has 1 fully saturated rings. The van der Waals surface area contributed by atoms with E-state index in [1.165, 1.54) is 5.56 Å². The van der Waals surface area contributed by atoms with E-state index in [9.17, 15) is 4.79 Å². The summed E-state index contributed by atoms with van der Waals surface area (Å²) in [6.07, 6.45) is 4.35. The topological polar surface area (TPSA) is 50.8 Å². The zero-order chi connectivity index (χ0) is 19.8. The molecule has 0 radical (unpaired) electrons. The van der Waals surface area contributed by atoms with Crippen LogP contribution in [0.5, 0.6) is 11.5 Å². The van der Waals surface area contributed by atoms with Crippen molar-refractivity contribution in [3.63, 3.8) is 0 Å². The van der Waals surface area contributed by atoms with Crippen LogP contribution in [0, 0.1) is 0 Å². The van der Waals surface area contributed by atoms with Crippen LogP contribution in [-0.4, -0.2) is 43.7 Å². The van der Waals surface area contributed by atoms with Crippen molar-refractivity contribution >= 4 is 12.0 Å². The van der Waals surface area contributed by atoms with E-state index < -0.39 is 0 Å². The summed E-state index contributed by atoms with van der Waals surface area (Å²) < 4.78 is 10.9. The zero-order valence-electron chi connectivity index (χ0n) is 16.6. The number of nitrogens with zero attached hydrogens (tertiary/aromatic N) is 1. The molecule has 1 heterocycles. The van der Waals surface area contributed by atoms with E-state index in [2.05, 4.69) is 34.5 Å². The lowest BCUT2D eigenvalue weighted by Gasteiger charge is -2.16. The van der Waals surface area contributed by atoms with Crippen molar-refractivity contribution in [2.24, 2.45) is 0 Å². The summed E-state index contributed by atoms with van der Waals surface area (Å²) in [5, 5.41) is 3.10. The first kappa shape index (κ1) is 20.0. The number of carbonyl (C=O) groups is 1. The minimum absolute atomic E-state index is 0.0700. The van der Waals surface area contributed by atoms with Crippen molar-refractivity contribution < 1.29 is 14.3 Å². The summed E-state index contributed by atoms with van der Waals surface area (Å²) in [6, 6.07) is 16.3. The van der Waals surface area contributed by atoms with Gasteiger partial charge in [-0.05, 0) is 42.7 Å². The number of methoxy groups -OCH3 is 1. The molecule has 1 amide bonds. The fourth-order valence-corrected chi connectivity index (χ4v) is 3.42. The standard InChI is InChI=1S/C23H28N2O3/c1-3-28-21-11-9-18(15-22(21)27-2)10-12-23(26)24-20-13-14-25(17-20)16-19-7-5-4-6-8-19/h4-12,15,20H,3,13-14,16-17H2,1-2H3,(H,24,26)/b12-10+. The van der Waals surface area contributed by atoms with Crippen molar-refractivity contribution in [1.29, 1.82) is 0 Å². The van der Waals surface area contributed by atoms with E-state index in [1.807, 2.05) is 31.2 Å². The Morgan fingerprint density at radius 1 is 1.21 bits per heavy atom. The Morgan fingerprint density at radius 3 is 2.79 bits per heavy atom. The average molecular weight is 380 g/mol. The number of amides is 1. The van der Waals surface area contributed by atoms with E-state index in [0.717, 1.165) is 31.6 Å². The summed E-state index contributed by atoms with van der Waals surface area (Å²) in [6.45, 7) is 5.32. The van der Waals surface area contributed by atoms with E-state index in [0.29, 0.717) is 18.1 Å². The Kier molecular flexibility index (Phi) is 7.09. The van der Waals surface area contributed by atoms with Crippen molar-refractivity contribution in [1.82, 2.24) is 10.2 Å². The molecule has 1 saturated heterocycles. The van der Waals surface area contributed by atoms with Crippen molar-refractivity contribution in [3.8, 4) is 11.5 Å². The number of hydrogen-bond donors (Lipinski definition) is 1. The molecule has 28 heavy (non-hydrogen) atoms. The van der Waals surface area contributed by atoms with Crippen LogP contribution in [0.3, 0.4) is 0 Å². The van der Waals surface area contributed by atoms with Gasteiger partial charge in [0.05, 0.1) is 13.7 Å². The van der Waals surface area contributed by atoms with Gasteiger partial charge in [0.2, 0.25) is 5.91 Å². The van der Waals surface area contributed by atoms with Gasteiger partial charge in [-0.1, -0.05) is 36.4 Å². The number of ether oxygens (including phenoxy) is 2. The first-order valence-electron chi connectivity index (χ1n) is 9.73. The molecule has 1 aliphatic heterocycles. The van der Waals surface area contributed by atoms with Crippen LogP contribution in [0.25, 0.3) is 6.08 Å². The van der Waals surface area contributed by atoms with Gasteiger partial charge in [0.15, 0.2) is 11.5 Å². The molecule has 2 aromatic carbocycles. The molecule has 0 saturated carbocycles. The predicted octanol–water partition coefficient (Wildman–Crippen LogP) is 3.50. The number of likely N-dealkylation sites (tertiary alicyclic amines) is 1. The largest absolute Gasteiger partial charge is 0.493 e. The predicted molar refractivity (Wildman–Crippen MR) is 111 cm³/mol. The Bertz CT molecular complexity index is 805. The van der Waals surface area contributed by atoms with Crippen LogP contribution in [0.4, 0.5) is 0 Å². The molecule has 3 rings (SSSR count). The van der Waals surface area contributed by atoms with Gasteiger partial charge in [-0.25, -0.2) is 0 Å². The third-order valence-electron chi connectivity index (χ3n) is 4.78. The van der Waals surface area contributed by atoms with Crippen LogP contribution in [0.2, 0.25) is 0 Å². The highest BCUT2D eigenvalue weighted by Crippen LogP contribution is 2.28. The van der Waals surface area contributed by atoms with Gasteiger partial charge in [-0.15, -0.1) is 0 Å². The monoisotopic (exact) mass is 380 g/mol. The SMILES string of the molecule is CCOc1ccc(/C=C/C(=O)NC2CCN(Cc3ccccc3)C2)cc1OC. The molecule has 148 valence electrons. The quantitative estimate of drug-likeness (QED) is 0.712. The van der Waals surface area contributed by atoms with Gasteiger partial charge < -0.3 is 14.8 Å². The molecular formula is C23H28N2O3. The highest BCUT2D eigenvalue weighted by Gasteiger charge is 2.23. The molecule has 0 aliphatic carbocycles. The first-order valence-corrected chi connectivity index (χ1v) is 9.73. The average Bonchev–Trinajstić information content (AvgIpc) is 3.14. The summed E-state index contributed by atoms with van der Waals surface area (Å²) >= 11 is 0. The van der Waals surface area contributed by atoms with Gasteiger partial charge in [-0.3, -0.25) is 9.69 Å². The van der Waals surface area contributed by atoms with Crippen LogP contribution in [-0.2, 0) is 11.3 Å². The molecule has 0 aromatic heterocycles. The van der Waals surface area contributed by atoms with Crippen molar-refractivity contribution in [3.05, 3.63) is 65.7 Å². The third-order valence-corrected chi connectivity index (χ3v) is 4.78. The van der Waals surface area contributed by atoms with E-state index in [4.69, 9.17) is 9.47 Å². The summed E-state index contributed by atoms with van der Waals surface area (Å²) in [7, 11) is 1.61. The highest BCUT2D eigenvalue weighted by atomic mass is 16.5. The second-order valence-electron chi connectivity index (χ2n) is 6.89. The van der Waals surface area contributed by atoms with Crippen LogP contribution < -0.4 is 14.8 Å². The van der Waals surface area contributed by atoms with Crippen LogP contribution in [0.1, 0.15) is 24.5 Å². The Hall–Kier alpha value is -2.79. The Morgan fingerprint density at radius 2 is 2.04 bits per heavy atom. The minimum Gasteiger partial charge on any atom is -0.493 e. The fourth-order valence-electron chi connectivity index (χ4n) is 3.42. The Labute approximate surface area is 167 Å². The molecule has 5 nitrogen and oxygen atoms in total. The number of benzene rings is 2. The van der Waals surface area contributed by atoms with Gasteiger partial charge in [-0.2, -0.15) is 0 Å². The molecule has 1 atom stereocenters. The lowest BCUT2D eigenvalue weighted by atomic mass is 10.2. The van der Waals surface area contributed by atoms with Crippen LogP contribution in [0.15, 0.2) is 54.6 Å². The second-order valence-corrected chi connectivity index (χ2v) is 6.89. The highest BCUT2D eigenvalue weighted by molar-refractivity contribution is 5.92. The number of rotatable bonds is 8. The zero-order valence-corrected chi connectivity index (χ0v) is 16.6. The minimum atomic E-state index is -0.0700. The van der Waals surface area contributed by atoms with E-state index in [1.54, 1.807) is 19.3 Å². The maximum atomic E-state index is 12.3. The van der Waals surface area contributed by atoms with Gasteiger partial charge in [0.25, 0.3) is 0 Å². The number of hydrogen-bond acceptors (Lipinski definition) is 4. The van der Waals surface area contributed by atoms with E-state index in [-0.39, 0.29) is 11.9 Å². The third kappa shape index (κ3) is 5.60. The maximum absolute atomic E-state index is 12.3. The van der Waals surface area contributed by atoms with Gasteiger partial charge in [0, 0.05) is 31.8 Å². The fraction of sp³-hybridized carbons (Fsp3) is 0.348. The molecule has 2 aromatic rings. The molecule has 0 spiro atoms. The van der Waals surface area contributed by atoms with Gasteiger partial charge >= 0.3 is 0 Å². The first-order chi connectivity index (χ1) is 13.7. The summed E-state index contributed by atoms with van der Waals surface area (Å²) in [5.74, 6) is 1.30. The lowest BCUT2D eigenvalue weighted by molar-refractivity contribution is -0.117. The number of nitrogens with one attached hydrogen (secondary N) is 1. The maximum Gasteiger partial charge on any atom is 0.244 e. The molecule has 5 heteroatoms. The smallest absolute Gasteiger partial charge is 0.244 e. The second kappa shape index (κ2) is 9.95. The summed E-state index contributed by atoms with van der Waals surface area (Å²) in [5.41, 5.74) is 2.20. The van der Waals surface area contributed by atoms with Crippen LogP contribution >= 0.6 is 0 Å². The normalized spacial score (nSPS) is 17.0.